The van der Waals surface area contributed by atoms with E-state index in [0.717, 1.165) is 69.0 Å². The highest BCUT2D eigenvalue weighted by atomic mass is 16.5. The molecule has 6 atom stereocenters. The Kier molecular flexibility index (Phi) is 15.6. The maximum atomic E-state index is 15.0. The number of rotatable bonds is 12. The van der Waals surface area contributed by atoms with Crippen molar-refractivity contribution in [2.45, 2.75) is 129 Å². The number of fused-ring (bicyclic) bond motifs is 6. The quantitative estimate of drug-likeness (QED) is 0.0991. The molecule has 17 nitrogen and oxygen atoms in total. The Hall–Kier alpha value is -6.92. The summed E-state index contributed by atoms with van der Waals surface area (Å²) in [6.45, 7) is 17.3. The summed E-state index contributed by atoms with van der Waals surface area (Å²) in [5.74, 6) is -1.52. The van der Waals surface area contributed by atoms with Crippen LogP contribution in [0.15, 0.2) is 89.6 Å². The number of nitrogens with zero attached hydrogens (tertiary/aromatic N) is 6. The molecule has 7 heterocycles. The van der Waals surface area contributed by atoms with Crippen LogP contribution in [0.25, 0.3) is 44.5 Å². The third kappa shape index (κ3) is 11.1. The number of likely N-dealkylation sites (tertiary alicyclic amines) is 1. The van der Waals surface area contributed by atoms with Crippen LogP contribution in [0.4, 0.5) is 0 Å². The van der Waals surface area contributed by atoms with E-state index in [1.807, 2.05) is 75.5 Å². The number of hydrogen-bond acceptors (Lipinski definition) is 13. The second-order valence-corrected chi connectivity index (χ2v) is 23.8. The molecule has 6 bridgehead atoms. The molecule has 0 radical (unpaired) electrons. The summed E-state index contributed by atoms with van der Waals surface area (Å²) in [5.41, 5.74) is 11.6. The second-order valence-electron chi connectivity index (χ2n) is 23.8. The Morgan fingerprint density at radius 3 is 2.47 bits per heavy atom. The lowest BCUT2D eigenvalue weighted by atomic mass is 9.80. The van der Waals surface area contributed by atoms with Gasteiger partial charge in [0.05, 0.1) is 29.5 Å². The van der Waals surface area contributed by atoms with Gasteiger partial charge < -0.3 is 43.5 Å². The molecular weight excluding hydrogens is 1000 g/mol. The smallest absolute Gasteiger partial charge is 0.324 e. The van der Waals surface area contributed by atoms with Crippen LogP contribution in [0.3, 0.4) is 0 Å². The van der Waals surface area contributed by atoms with Gasteiger partial charge in [-0.3, -0.25) is 29.2 Å². The Bertz CT molecular complexity index is 3250. The largest absolute Gasteiger partial charge is 0.508 e. The van der Waals surface area contributed by atoms with Crippen molar-refractivity contribution >= 4 is 34.6 Å². The van der Waals surface area contributed by atoms with Crippen LogP contribution in [-0.4, -0.2) is 137 Å². The summed E-state index contributed by atoms with van der Waals surface area (Å²) < 4.78 is 26.6. The molecule has 4 aliphatic rings. The number of esters is 1. The number of methoxy groups -OCH3 is 1. The van der Waals surface area contributed by atoms with E-state index >= 15 is 0 Å². The Morgan fingerprint density at radius 1 is 0.975 bits per heavy atom. The summed E-state index contributed by atoms with van der Waals surface area (Å²) in [4.78, 5) is 67.2. The van der Waals surface area contributed by atoms with Crippen LogP contribution in [0.1, 0.15) is 108 Å². The molecule has 418 valence electrons. The summed E-state index contributed by atoms with van der Waals surface area (Å²) in [7, 11) is 5.38. The number of hydrazine groups is 1. The average Bonchev–Trinajstić information content (AvgIpc) is 4.39. The van der Waals surface area contributed by atoms with E-state index in [-0.39, 0.29) is 54.6 Å². The zero-order valence-electron chi connectivity index (χ0n) is 47.3. The zero-order valence-corrected chi connectivity index (χ0v) is 47.3. The molecule has 6 aromatic rings. The van der Waals surface area contributed by atoms with Crippen LogP contribution < -0.4 is 10.7 Å². The van der Waals surface area contributed by atoms with Gasteiger partial charge in [-0.2, -0.15) is 0 Å². The number of carbonyl (C=O) groups excluding carboxylic acids is 4. The molecular formula is C62H76N8O9. The van der Waals surface area contributed by atoms with Crippen molar-refractivity contribution in [1.82, 2.24) is 40.3 Å². The lowest BCUT2D eigenvalue weighted by molar-refractivity contribution is -0.155. The first-order valence-corrected chi connectivity index (χ1v) is 27.9. The molecule has 3 saturated heterocycles. The first-order valence-electron chi connectivity index (χ1n) is 27.9. The monoisotopic (exact) mass is 1080 g/mol. The number of hydrogen-bond donors (Lipinski definition) is 3. The number of pyridine rings is 1. The summed E-state index contributed by atoms with van der Waals surface area (Å²) in [6, 6.07) is 22.5. The maximum absolute atomic E-state index is 15.0. The molecule has 0 aliphatic carbocycles. The van der Waals surface area contributed by atoms with Gasteiger partial charge in [0.25, 0.3) is 11.8 Å². The predicted molar refractivity (Wildman–Crippen MR) is 301 cm³/mol. The third-order valence-electron chi connectivity index (χ3n) is 16.6. The number of nitrogens with one attached hydrogen (secondary N) is 2. The number of likely N-dealkylation sites (N-methyl/N-ethyl adjacent to an activating group) is 2. The molecule has 3 aromatic heterocycles. The minimum Gasteiger partial charge on any atom is -0.508 e. The van der Waals surface area contributed by atoms with E-state index in [2.05, 4.69) is 78.3 Å². The number of phenols is 1. The summed E-state index contributed by atoms with van der Waals surface area (Å²) in [6.07, 6.45) is 2.72. The van der Waals surface area contributed by atoms with Crippen molar-refractivity contribution in [1.29, 1.82) is 0 Å². The van der Waals surface area contributed by atoms with E-state index in [1.54, 1.807) is 26.3 Å². The van der Waals surface area contributed by atoms with Gasteiger partial charge in [-0.1, -0.05) is 75.3 Å². The minimum absolute atomic E-state index is 0.0167. The van der Waals surface area contributed by atoms with E-state index in [9.17, 15) is 24.3 Å². The van der Waals surface area contributed by atoms with Gasteiger partial charge in [0.15, 0.2) is 0 Å². The molecule has 3 N–H and O–H groups in total. The molecule has 3 amide bonds. The predicted octanol–water partition coefficient (Wildman–Crippen LogP) is 8.37. The highest BCUT2D eigenvalue weighted by Gasteiger charge is 2.44. The fraction of sp³-hybridized carbons (Fsp3) is 0.484. The Labute approximate surface area is 462 Å². The van der Waals surface area contributed by atoms with Gasteiger partial charge in [-0.15, -0.1) is 0 Å². The number of phenolic OH excluding ortho intramolecular Hbond substituents is 1. The minimum atomic E-state index is -1.18. The maximum Gasteiger partial charge on any atom is 0.324 e. The lowest BCUT2D eigenvalue weighted by Crippen LogP contribution is -2.62. The number of amides is 3. The molecule has 3 aromatic carbocycles. The van der Waals surface area contributed by atoms with Crippen LogP contribution in [0, 0.1) is 11.3 Å². The first-order chi connectivity index (χ1) is 37.8. The Balaban J connectivity index is 1.05. The van der Waals surface area contributed by atoms with Crippen molar-refractivity contribution in [3.8, 4) is 39.4 Å². The zero-order chi connectivity index (χ0) is 56.1. The molecule has 10 rings (SSSR count). The number of aryl methyl sites for hydroxylation is 1. The van der Waals surface area contributed by atoms with E-state index < -0.39 is 47.4 Å². The third-order valence-corrected chi connectivity index (χ3v) is 16.6. The van der Waals surface area contributed by atoms with E-state index in [1.165, 1.54) is 9.91 Å². The van der Waals surface area contributed by atoms with Crippen molar-refractivity contribution < 1.29 is 43.0 Å². The van der Waals surface area contributed by atoms with Gasteiger partial charge in [0.1, 0.15) is 41.4 Å². The Morgan fingerprint density at radius 2 is 1.75 bits per heavy atom. The normalized spacial score (nSPS) is 22.2. The van der Waals surface area contributed by atoms with Crippen molar-refractivity contribution in [3.63, 3.8) is 0 Å². The fourth-order valence-electron chi connectivity index (χ4n) is 12.6. The van der Waals surface area contributed by atoms with Crippen molar-refractivity contribution in [2.75, 3.05) is 54.1 Å². The molecule has 4 aliphatic heterocycles. The first kappa shape index (κ1) is 55.4. The summed E-state index contributed by atoms with van der Waals surface area (Å²) >= 11 is 0. The van der Waals surface area contributed by atoms with E-state index in [4.69, 9.17) is 23.7 Å². The molecule has 3 fully saturated rings. The highest BCUT2D eigenvalue weighted by molar-refractivity contribution is 5.96. The van der Waals surface area contributed by atoms with Gasteiger partial charge in [-0.25, -0.2) is 5.43 Å². The number of carbonyl (C=O) groups is 4. The van der Waals surface area contributed by atoms with Gasteiger partial charge >= 0.3 is 5.97 Å². The lowest BCUT2D eigenvalue weighted by Gasteiger charge is -2.44. The van der Waals surface area contributed by atoms with Crippen LogP contribution >= 0.6 is 0 Å². The second kappa shape index (κ2) is 22.3. The summed E-state index contributed by atoms with van der Waals surface area (Å²) in [5, 5.41) is 21.6. The van der Waals surface area contributed by atoms with Crippen LogP contribution in [-0.2, 0) is 58.2 Å². The molecule has 0 spiro atoms. The van der Waals surface area contributed by atoms with Crippen molar-refractivity contribution in [2.24, 2.45) is 11.3 Å². The topological polar surface area (TPSA) is 194 Å². The van der Waals surface area contributed by atoms with Crippen LogP contribution in [0.2, 0.25) is 0 Å². The standard InChI is InChI=1S/C62H76N8O9/c1-11-69-51-20-19-40-28-45(51)47(55(69)46-29-42(32-63-53(46)37(4)76-10)49-30-52(79-66-49)62(7)33-67(8)34-62)31-61(5,6)35-78-60(75)48-18-15-22-70(65-48)58(73)50(26-38-24-41(40)27-43(71)25-38)64-57(72)54(36(2)3)68(9)59(74)56-44(21-23-77-56)39-16-13-12-14-17-39/h12-14,16-17,19-20,24-25,27-30,32,36-37,44,48,50,54,56,65,71H,11,15,18,21-23,26,31,33-35H2,1-10H3,(H,64,72). The average molecular weight is 1080 g/mol. The highest BCUT2D eigenvalue weighted by Crippen LogP contribution is 2.44. The molecule has 0 saturated carbocycles. The van der Waals surface area contributed by atoms with Gasteiger partial charge in [0, 0.05) is 99.0 Å². The van der Waals surface area contributed by atoms with Crippen LogP contribution in [0.5, 0.6) is 5.75 Å². The number of aromatic hydroxyl groups is 1. The SMILES string of the molecule is CCn1c(-c2cc(-c3cc(C4(C)CN(C)C4)on3)cnc2C(C)OC)c2c3cc(ccc31)-c1cc(O)cc(c1)CC(NC(=O)C(C(C)C)N(C)C(=O)C1OCCC1c1ccccc1)C(=O)N1CCCC(N1)C(=O)OCC(C)(C)C2. The number of cyclic esters (lactones) is 1. The number of benzene rings is 3. The van der Waals surface area contributed by atoms with Gasteiger partial charge in [0.2, 0.25) is 5.91 Å². The molecule has 6 unspecified atom stereocenters. The van der Waals surface area contributed by atoms with Gasteiger partial charge in [-0.05, 0) is 118 Å². The number of aromatic nitrogens is 3. The molecule has 79 heavy (non-hydrogen) atoms. The molecule has 17 heteroatoms. The van der Waals surface area contributed by atoms with E-state index in [0.29, 0.717) is 55.7 Å². The fourth-order valence-corrected chi connectivity index (χ4v) is 12.6. The number of ether oxygens (including phenoxy) is 3. The van der Waals surface area contributed by atoms with Crippen molar-refractivity contribution in [3.05, 3.63) is 113 Å².